The van der Waals surface area contributed by atoms with Crippen LogP contribution in [0.3, 0.4) is 0 Å². The molecule has 3 aromatic rings. The number of sulfonamides is 2. The lowest BCUT2D eigenvalue weighted by molar-refractivity contribution is -0.120. The second-order valence-corrected chi connectivity index (χ2v) is 12.7. The van der Waals surface area contributed by atoms with E-state index in [9.17, 15) is 21.6 Å². The molecule has 1 amide bonds. The van der Waals surface area contributed by atoms with Crippen LogP contribution >= 0.6 is 0 Å². The summed E-state index contributed by atoms with van der Waals surface area (Å²) >= 11 is 0. The van der Waals surface area contributed by atoms with Crippen LogP contribution in [0, 0.1) is 19.8 Å². The second-order valence-electron chi connectivity index (χ2n) is 9.06. The van der Waals surface area contributed by atoms with E-state index in [1.807, 2.05) is 25.1 Å². The van der Waals surface area contributed by atoms with Gasteiger partial charge in [0.25, 0.3) is 10.0 Å². The van der Waals surface area contributed by atoms with Gasteiger partial charge in [-0.1, -0.05) is 29.8 Å². The van der Waals surface area contributed by atoms with Gasteiger partial charge < -0.3 is 5.32 Å². The number of piperidine rings is 1. The predicted molar refractivity (Wildman–Crippen MR) is 141 cm³/mol. The van der Waals surface area contributed by atoms with Crippen LogP contribution in [-0.4, -0.2) is 50.1 Å². The van der Waals surface area contributed by atoms with Gasteiger partial charge in [0.05, 0.1) is 10.6 Å². The van der Waals surface area contributed by atoms with Gasteiger partial charge in [0.15, 0.2) is 0 Å². The molecule has 1 fully saturated rings. The fourth-order valence-electron chi connectivity index (χ4n) is 4.14. The Labute approximate surface area is 217 Å². The first kappa shape index (κ1) is 26.7. The Hall–Kier alpha value is -3.35. The van der Waals surface area contributed by atoms with Gasteiger partial charge in [-0.05, 0) is 62.6 Å². The highest BCUT2D eigenvalue weighted by Crippen LogP contribution is 2.24. The highest BCUT2D eigenvalue weighted by molar-refractivity contribution is 7.92. The Bertz CT molecular complexity index is 1480. The van der Waals surface area contributed by atoms with Crippen LogP contribution in [-0.2, 0) is 30.6 Å². The monoisotopic (exact) mass is 543 g/mol. The van der Waals surface area contributed by atoms with E-state index in [0.717, 1.165) is 11.1 Å². The summed E-state index contributed by atoms with van der Waals surface area (Å²) in [6.45, 7) is 4.20. The van der Waals surface area contributed by atoms with Crippen molar-refractivity contribution < 1.29 is 21.6 Å². The third-order valence-electron chi connectivity index (χ3n) is 6.10. The number of carbonyl (C=O) groups excluding carboxylic acids is 1. The minimum atomic E-state index is -3.89. The van der Waals surface area contributed by atoms with Gasteiger partial charge in [0, 0.05) is 36.6 Å². The highest BCUT2D eigenvalue weighted by Gasteiger charge is 2.31. The number of anilines is 2. The summed E-state index contributed by atoms with van der Waals surface area (Å²) in [5.74, 6) is -0.651. The van der Waals surface area contributed by atoms with Crippen molar-refractivity contribution in [1.82, 2.24) is 14.3 Å². The molecule has 2 heterocycles. The first-order valence-corrected chi connectivity index (χ1v) is 14.9. The van der Waals surface area contributed by atoms with Crippen molar-refractivity contribution in [3.05, 3.63) is 77.6 Å². The molecule has 37 heavy (non-hydrogen) atoms. The molecule has 1 aliphatic heterocycles. The summed E-state index contributed by atoms with van der Waals surface area (Å²) in [4.78, 5) is 20.7. The average Bonchev–Trinajstić information content (AvgIpc) is 2.84. The van der Waals surface area contributed by atoms with E-state index in [1.54, 1.807) is 19.1 Å². The minimum absolute atomic E-state index is 0.00253. The van der Waals surface area contributed by atoms with Gasteiger partial charge in [-0.2, -0.15) is 0 Å². The largest absolute Gasteiger partial charge is 0.326 e. The number of aromatic nitrogens is 2. The molecule has 1 aliphatic rings. The van der Waals surface area contributed by atoms with E-state index in [4.69, 9.17) is 0 Å². The Morgan fingerprint density at radius 2 is 1.70 bits per heavy atom. The molecule has 0 unspecified atom stereocenters. The maximum atomic E-state index is 12.8. The number of hydrogen-bond acceptors (Lipinski definition) is 7. The van der Waals surface area contributed by atoms with Crippen LogP contribution in [0.1, 0.15) is 29.7 Å². The SMILES string of the molecule is Cc1cccc(CS(=O)(=O)N2CCC(C(=O)Nc3ccc(S(=O)(=O)Nc4nccc(C)n4)cc3)CC2)c1. The Morgan fingerprint density at radius 1 is 1.00 bits per heavy atom. The number of aryl methyl sites for hydroxylation is 2. The van der Waals surface area contributed by atoms with Crippen molar-refractivity contribution >= 4 is 37.6 Å². The zero-order chi connectivity index (χ0) is 26.6. The van der Waals surface area contributed by atoms with Crippen molar-refractivity contribution in [3.8, 4) is 0 Å². The standard InChI is InChI=1S/C25H29N5O5S2/c1-18-4-3-5-20(16-18)17-36(32,33)30-14-11-21(12-15-30)24(31)28-22-6-8-23(9-7-22)37(34,35)29-25-26-13-10-19(2)27-25/h3-10,13,16,21H,11-12,14-15,17H2,1-2H3,(H,28,31)(H,26,27,29). The molecule has 1 aromatic heterocycles. The lowest BCUT2D eigenvalue weighted by Gasteiger charge is -2.30. The molecule has 1 saturated heterocycles. The summed E-state index contributed by atoms with van der Waals surface area (Å²) in [5, 5.41) is 2.80. The molecule has 0 aliphatic carbocycles. The third kappa shape index (κ3) is 6.90. The Balaban J connectivity index is 1.31. The number of nitrogens with one attached hydrogen (secondary N) is 2. The number of hydrogen-bond donors (Lipinski definition) is 2. The molecule has 4 rings (SSSR count). The van der Waals surface area contributed by atoms with Crippen LogP contribution in [0.15, 0.2) is 65.7 Å². The molecule has 196 valence electrons. The minimum Gasteiger partial charge on any atom is -0.326 e. The van der Waals surface area contributed by atoms with E-state index < -0.39 is 20.0 Å². The summed E-state index contributed by atoms with van der Waals surface area (Å²) in [5.41, 5.74) is 2.82. The molecular weight excluding hydrogens is 514 g/mol. The Kier molecular flexibility index (Phi) is 7.90. The number of nitrogens with zero attached hydrogens (tertiary/aromatic N) is 3. The Morgan fingerprint density at radius 3 is 2.35 bits per heavy atom. The van der Waals surface area contributed by atoms with Gasteiger partial charge in [0.1, 0.15) is 0 Å². The third-order valence-corrected chi connectivity index (χ3v) is 9.30. The van der Waals surface area contributed by atoms with E-state index >= 15 is 0 Å². The van der Waals surface area contributed by atoms with Crippen LogP contribution in [0.4, 0.5) is 11.6 Å². The summed E-state index contributed by atoms with van der Waals surface area (Å²) in [6.07, 6.45) is 2.28. The normalized spacial score (nSPS) is 15.3. The van der Waals surface area contributed by atoms with Crippen molar-refractivity contribution in [3.63, 3.8) is 0 Å². The summed E-state index contributed by atoms with van der Waals surface area (Å²) < 4.78 is 54.7. The highest BCUT2D eigenvalue weighted by atomic mass is 32.2. The van der Waals surface area contributed by atoms with Gasteiger partial charge >= 0.3 is 0 Å². The molecule has 0 bridgehead atoms. The molecule has 2 N–H and O–H groups in total. The molecule has 2 aromatic carbocycles. The molecule has 12 heteroatoms. The zero-order valence-electron chi connectivity index (χ0n) is 20.6. The van der Waals surface area contributed by atoms with Crippen molar-refractivity contribution in [2.75, 3.05) is 23.1 Å². The van der Waals surface area contributed by atoms with Gasteiger partial charge in [-0.15, -0.1) is 0 Å². The van der Waals surface area contributed by atoms with Gasteiger partial charge in [-0.3, -0.25) is 4.79 Å². The van der Waals surface area contributed by atoms with Gasteiger partial charge in [0.2, 0.25) is 21.9 Å². The van der Waals surface area contributed by atoms with Crippen LogP contribution < -0.4 is 10.0 Å². The lowest BCUT2D eigenvalue weighted by atomic mass is 9.97. The van der Waals surface area contributed by atoms with E-state index in [-0.39, 0.29) is 41.5 Å². The lowest BCUT2D eigenvalue weighted by Crippen LogP contribution is -2.41. The van der Waals surface area contributed by atoms with E-state index in [0.29, 0.717) is 24.2 Å². The molecule has 0 atom stereocenters. The number of benzene rings is 2. The van der Waals surface area contributed by atoms with E-state index in [2.05, 4.69) is 20.0 Å². The topological polar surface area (TPSA) is 138 Å². The zero-order valence-corrected chi connectivity index (χ0v) is 22.2. The molecular formula is C25H29N5O5S2. The second kappa shape index (κ2) is 11.0. The molecule has 0 radical (unpaired) electrons. The molecule has 0 spiro atoms. The first-order valence-electron chi connectivity index (χ1n) is 11.8. The van der Waals surface area contributed by atoms with Crippen LogP contribution in [0.2, 0.25) is 0 Å². The average molecular weight is 544 g/mol. The van der Waals surface area contributed by atoms with Gasteiger partial charge in [-0.25, -0.2) is 35.8 Å². The van der Waals surface area contributed by atoms with Crippen molar-refractivity contribution in [1.29, 1.82) is 0 Å². The molecule has 10 nitrogen and oxygen atoms in total. The number of amides is 1. The summed E-state index contributed by atoms with van der Waals surface area (Å²) in [6, 6.07) is 14.9. The van der Waals surface area contributed by atoms with E-state index in [1.165, 1.54) is 34.8 Å². The maximum absolute atomic E-state index is 12.8. The molecule has 0 saturated carbocycles. The predicted octanol–water partition coefficient (Wildman–Crippen LogP) is 3.07. The first-order chi connectivity index (χ1) is 17.5. The fourth-order valence-corrected chi connectivity index (χ4v) is 6.64. The number of carbonyl (C=O) groups is 1. The summed E-state index contributed by atoms with van der Waals surface area (Å²) in [7, 11) is -7.37. The quantitative estimate of drug-likeness (QED) is 0.445. The van der Waals surface area contributed by atoms with Crippen molar-refractivity contribution in [2.24, 2.45) is 5.92 Å². The van der Waals surface area contributed by atoms with Crippen molar-refractivity contribution in [2.45, 2.75) is 37.3 Å². The number of rotatable bonds is 8. The smallest absolute Gasteiger partial charge is 0.264 e. The fraction of sp³-hybridized carbons (Fsp3) is 0.320. The van der Waals surface area contributed by atoms with Crippen LogP contribution in [0.25, 0.3) is 0 Å². The van der Waals surface area contributed by atoms with Crippen LogP contribution in [0.5, 0.6) is 0 Å². The maximum Gasteiger partial charge on any atom is 0.264 e.